The summed E-state index contributed by atoms with van der Waals surface area (Å²) in [5, 5.41) is 0.415. The van der Waals surface area contributed by atoms with Gasteiger partial charge < -0.3 is 14.2 Å². The molecule has 0 aliphatic carbocycles. The van der Waals surface area contributed by atoms with Crippen molar-refractivity contribution >= 4 is 16.9 Å². The van der Waals surface area contributed by atoms with Gasteiger partial charge in [-0.1, -0.05) is 30.3 Å². The van der Waals surface area contributed by atoms with Crippen LogP contribution in [0.5, 0.6) is 11.5 Å². The summed E-state index contributed by atoms with van der Waals surface area (Å²) in [6.45, 7) is 0.307. The molecule has 0 atom stereocenters. The van der Waals surface area contributed by atoms with Gasteiger partial charge in [0.1, 0.15) is 23.6 Å². The summed E-state index contributed by atoms with van der Waals surface area (Å²) in [6.07, 6.45) is 0. The smallest absolute Gasteiger partial charge is 0.356 e. The molecule has 0 radical (unpaired) electrons. The van der Waals surface area contributed by atoms with E-state index in [0.29, 0.717) is 23.5 Å². The molecule has 1 heterocycles. The number of carbonyl (C=O) groups excluding carboxylic acids is 1. The number of hydrogen-bond acceptors (Lipinski definition) is 5. The first-order valence-corrected chi connectivity index (χ1v) is 7.55. The number of ether oxygens (including phenoxy) is 3. The van der Waals surface area contributed by atoms with Crippen LogP contribution in [-0.4, -0.2) is 25.2 Å². The van der Waals surface area contributed by atoms with E-state index in [9.17, 15) is 9.18 Å². The number of esters is 1. The van der Waals surface area contributed by atoms with E-state index >= 15 is 0 Å². The van der Waals surface area contributed by atoms with Gasteiger partial charge in [-0.2, -0.15) is 0 Å². The lowest BCUT2D eigenvalue weighted by atomic mass is 10.1. The third-order valence-electron chi connectivity index (χ3n) is 3.67. The molecule has 0 spiro atoms. The van der Waals surface area contributed by atoms with Crippen molar-refractivity contribution in [3.05, 3.63) is 65.6 Å². The summed E-state index contributed by atoms with van der Waals surface area (Å²) in [5.74, 6) is -0.608. The topological polar surface area (TPSA) is 57.7 Å². The molecule has 0 bridgehead atoms. The highest BCUT2D eigenvalue weighted by molar-refractivity contribution is 5.94. The van der Waals surface area contributed by atoms with E-state index in [4.69, 9.17) is 9.47 Å². The van der Waals surface area contributed by atoms with Crippen molar-refractivity contribution in [1.29, 1.82) is 0 Å². The molecule has 1 aromatic heterocycles. The predicted octanol–water partition coefficient (Wildman–Crippen LogP) is 3.75. The van der Waals surface area contributed by atoms with Crippen molar-refractivity contribution in [2.45, 2.75) is 6.61 Å². The van der Waals surface area contributed by atoms with Gasteiger partial charge in [-0.25, -0.2) is 14.2 Å². The number of benzene rings is 2. The number of carbonyl (C=O) groups is 1. The largest absolute Gasteiger partial charge is 0.496 e. The Bertz CT molecular complexity index is 912. The number of aromatic nitrogens is 1. The Labute approximate surface area is 144 Å². The Morgan fingerprint density at radius 2 is 1.88 bits per heavy atom. The van der Waals surface area contributed by atoms with Crippen LogP contribution < -0.4 is 9.47 Å². The highest BCUT2D eigenvalue weighted by Crippen LogP contribution is 2.31. The van der Waals surface area contributed by atoms with E-state index in [1.165, 1.54) is 26.4 Å². The van der Waals surface area contributed by atoms with Crippen LogP contribution in [0.4, 0.5) is 4.39 Å². The van der Waals surface area contributed by atoms with Gasteiger partial charge >= 0.3 is 5.97 Å². The van der Waals surface area contributed by atoms with Gasteiger partial charge in [-0.15, -0.1) is 0 Å². The monoisotopic (exact) mass is 341 g/mol. The molecule has 25 heavy (non-hydrogen) atoms. The number of halogens is 1. The minimum absolute atomic E-state index is 0.0202. The van der Waals surface area contributed by atoms with E-state index in [1.54, 1.807) is 6.07 Å². The van der Waals surface area contributed by atoms with Crippen molar-refractivity contribution in [3.63, 3.8) is 0 Å². The first-order chi connectivity index (χ1) is 12.1. The van der Waals surface area contributed by atoms with Crippen LogP contribution in [0, 0.1) is 5.82 Å². The van der Waals surface area contributed by atoms with Crippen molar-refractivity contribution < 1.29 is 23.4 Å². The van der Waals surface area contributed by atoms with Crippen LogP contribution in [0.2, 0.25) is 0 Å². The molecule has 0 saturated heterocycles. The molecular weight excluding hydrogens is 325 g/mol. The maximum absolute atomic E-state index is 14.5. The molecule has 0 saturated carbocycles. The van der Waals surface area contributed by atoms with Gasteiger partial charge in [0, 0.05) is 17.5 Å². The normalized spacial score (nSPS) is 10.5. The molecule has 0 aliphatic heterocycles. The van der Waals surface area contributed by atoms with Crippen molar-refractivity contribution in [2.24, 2.45) is 0 Å². The third-order valence-corrected chi connectivity index (χ3v) is 3.67. The zero-order valence-electron chi connectivity index (χ0n) is 13.8. The summed E-state index contributed by atoms with van der Waals surface area (Å²) >= 11 is 0. The fraction of sp³-hybridized carbons (Fsp3) is 0.158. The van der Waals surface area contributed by atoms with E-state index in [-0.39, 0.29) is 11.2 Å². The Hall–Kier alpha value is -3.15. The SMILES string of the molecule is COC(=O)c1cc(OC)c2cc(OCc3ccccc3)cc(F)c2n1. The summed E-state index contributed by atoms with van der Waals surface area (Å²) in [6, 6.07) is 13.8. The van der Waals surface area contributed by atoms with Gasteiger partial charge in [0.15, 0.2) is 11.5 Å². The van der Waals surface area contributed by atoms with Gasteiger partial charge in [-0.05, 0) is 11.6 Å². The third kappa shape index (κ3) is 3.52. The predicted molar refractivity (Wildman–Crippen MR) is 90.4 cm³/mol. The number of nitrogens with zero attached hydrogens (tertiary/aromatic N) is 1. The summed E-state index contributed by atoms with van der Waals surface area (Å²) < 4.78 is 30.0. The number of fused-ring (bicyclic) bond motifs is 1. The molecule has 0 unspecified atom stereocenters. The van der Waals surface area contributed by atoms with Crippen LogP contribution in [0.15, 0.2) is 48.5 Å². The molecule has 3 aromatic rings. The molecule has 0 aliphatic rings. The van der Waals surface area contributed by atoms with Crippen LogP contribution in [0.25, 0.3) is 10.9 Å². The average molecular weight is 341 g/mol. The van der Waals surface area contributed by atoms with E-state index in [0.717, 1.165) is 5.56 Å². The van der Waals surface area contributed by atoms with Crippen molar-refractivity contribution in [1.82, 2.24) is 4.98 Å². The average Bonchev–Trinajstić information content (AvgIpc) is 2.66. The van der Waals surface area contributed by atoms with Crippen LogP contribution >= 0.6 is 0 Å². The first-order valence-electron chi connectivity index (χ1n) is 7.55. The van der Waals surface area contributed by atoms with E-state index in [2.05, 4.69) is 9.72 Å². The molecule has 5 nitrogen and oxygen atoms in total. The lowest BCUT2D eigenvalue weighted by Crippen LogP contribution is -2.06. The maximum atomic E-state index is 14.5. The highest BCUT2D eigenvalue weighted by Gasteiger charge is 2.17. The van der Waals surface area contributed by atoms with Crippen LogP contribution in [0.1, 0.15) is 16.1 Å². The molecule has 6 heteroatoms. The Balaban J connectivity index is 1.99. The zero-order valence-corrected chi connectivity index (χ0v) is 13.8. The number of rotatable bonds is 5. The van der Waals surface area contributed by atoms with Gasteiger partial charge in [0.05, 0.1) is 14.2 Å². The van der Waals surface area contributed by atoms with Gasteiger partial charge in [-0.3, -0.25) is 0 Å². The number of hydrogen-bond donors (Lipinski definition) is 0. The zero-order chi connectivity index (χ0) is 17.8. The van der Waals surface area contributed by atoms with Crippen molar-refractivity contribution in [3.8, 4) is 11.5 Å². The molecule has 0 N–H and O–H groups in total. The Kier molecular flexibility index (Phi) is 4.79. The van der Waals surface area contributed by atoms with Gasteiger partial charge in [0.25, 0.3) is 0 Å². The van der Waals surface area contributed by atoms with Crippen LogP contribution in [0.3, 0.4) is 0 Å². The fourth-order valence-corrected chi connectivity index (χ4v) is 2.43. The lowest BCUT2D eigenvalue weighted by molar-refractivity contribution is 0.0594. The molecule has 0 fully saturated rings. The molecule has 128 valence electrons. The second-order valence-corrected chi connectivity index (χ2v) is 5.28. The van der Waals surface area contributed by atoms with Gasteiger partial charge in [0.2, 0.25) is 0 Å². The minimum atomic E-state index is -0.663. The molecule has 2 aromatic carbocycles. The van der Waals surface area contributed by atoms with Crippen LogP contribution in [-0.2, 0) is 11.3 Å². The molecular formula is C19H16FNO4. The van der Waals surface area contributed by atoms with E-state index in [1.807, 2.05) is 30.3 Å². The number of pyridine rings is 1. The number of methoxy groups -OCH3 is 2. The first kappa shape index (κ1) is 16.7. The Morgan fingerprint density at radius 3 is 2.56 bits per heavy atom. The standard InChI is InChI=1S/C19H16FNO4/c1-23-17-10-16(19(22)24-2)21-18-14(17)8-13(9-15(18)20)25-11-12-6-4-3-5-7-12/h3-10H,11H2,1-2H3. The summed E-state index contributed by atoms with van der Waals surface area (Å²) in [4.78, 5) is 15.7. The maximum Gasteiger partial charge on any atom is 0.356 e. The molecule has 0 amide bonds. The van der Waals surface area contributed by atoms with E-state index < -0.39 is 11.8 Å². The minimum Gasteiger partial charge on any atom is -0.496 e. The molecule has 3 rings (SSSR count). The quantitative estimate of drug-likeness (QED) is 0.662. The summed E-state index contributed by atoms with van der Waals surface area (Å²) in [7, 11) is 2.67. The lowest BCUT2D eigenvalue weighted by Gasteiger charge is -2.11. The summed E-state index contributed by atoms with van der Waals surface area (Å²) in [5.41, 5.74) is 0.963. The van der Waals surface area contributed by atoms with Crippen molar-refractivity contribution in [2.75, 3.05) is 14.2 Å². The fourth-order valence-electron chi connectivity index (χ4n) is 2.43. The Morgan fingerprint density at radius 1 is 1.12 bits per heavy atom. The second-order valence-electron chi connectivity index (χ2n) is 5.28. The highest BCUT2D eigenvalue weighted by atomic mass is 19.1. The second kappa shape index (κ2) is 7.17.